The molecule has 0 aliphatic carbocycles. The fraction of sp³-hybridized carbons (Fsp3) is 0.350. The number of thioether (sulfide) groups is 1. The van der Waals surface area contributed by atoms with E-state index in [1.54, 1.807) is 39.7 Å². The van der Waals surface area contributed by atoms with Crippen LogP contribution in [-0.4, -0.2) is 45.7 Å². The fourth-order valence-corrected chi connectivity index (χ4v) is 3.59. The summed E-state index contributed by atoms with van der Waals surface area (Å²) in [5.74, 6) is -0.0462. The minimum Gasteiger partial charge on any atom is -0.338 e. The standard InChI is InChI=1S/C20H23N3O2S/c1-22-13-15(12-21-22)5-10-19(24)23-11-3-4-17(14-23)20(25)16-6-8-18(26-2)9-7-16/h5-10,12-13,17H,3-4,11,14H2,1-2H3/b10-5+. The van der Waals surface area contributed by atoms with E-state index in [1.807, 2.05) is 43.8 Å². The molecule has 0 bridgehead atoms. The third kappa shape index (κ3) is 4.43. The zero-order valence-electron chi connectivity index (χ0n) is 15.1. The summed E-state index contributed by atoms with van der Waals surface area (Å²) in [6.45, 7) is 1.19. The molecule has 3 rings (SSSR count). The summed E-state index contributed by atoms with van der Waals surface area (Å²) in [5, 5.41) is 4.08. The van der Waals surface area contributed by atoms with E-state index in [-0.39, 0.29) is 17.6 Å². The number of piperidine rings is 1. The fourth-order valence-electron chi connectivity index (χ4n) is 3.18. The predicted molar refractivity (Wildman–Crippen MR) is 104 cm³/mol. The highest BCUT2D eigenvalue weighted by atomic mass is 32.2. The van der Waals surface area contributed by atoms with Crippen LogP contribution in [0.1, 0.15) is 28.8 Å². The Hall–Kier alpha value is -2.34. The van der Waals surface area contributed by atoms with E-state index in [0.29, 0.717) is 13.1 Å². The maximum absolute atomic E-state index is 12.8. The van der Waals surface area contributed by atoms with E-state index in [4.69, 9.17) is 0 Å². The Kier molecular flexibility index (Phi) is 5.93. The number of aromatic nitrogens is 2. The van der Waals surface area contributed by atoms with Gasteiger partial charge in [0.25, 0.3) is 0 Å². The van der Waals surface area contributed by atoms with Gasteiger partial charge in [-0.1, -0.05) is 12.1 Å². The van der Waals surface area contributed by atoms with Gasteiger partial charge in [-0.2, -0.15) is 5.10 Å². The molecule has 1 aliphatic rings. The molecular weight excluding hydrogens is 346 g/mol. The number of amides is 1. The van der Waals surface area contributed by atoms with Gasteiger partial charge in [0.1, 0.15) is 0 Å². The minimum atomic E-state index is -0.125. The molecule has 1 aliphatic heterocycles. The number of aryl methyl sites for hydroxylation is 1. The summed E-state index contributed by atoms with van der Waals surface area (Å²) >= 11 is 1.66. The topological polar surface area (TPSA) is 55.2 Å². The molecule has 26 heavy (non-hydrogen) atoms. The largest absolute Gasteiger partial charge is 0.338 e. The molecule has 6 heteroatoms. The van der Waals surface area contributed by atoms with Crippen LogP contribution in [0.3, 0.4) is 0 Å². The van der Waals surface area contributed by atoms with Gasteiger partial charge in [0, 0.05) is 54.4 Å². The van der Waals surface area contributed by atoms with Crippen molar-refractivity contribution in [3.63, 3.8) is 0 Å². The minimum absolute atomic E-state index is 0.0518. The molecule has 1 atom stereocenters. The highest BCUT2D eigenvalue weighted by Gasteiger charge is 2.28. The number of hydrogen-bond acceptors (Lipinski definition) is 4. The van der Waals surface area contributed by atoms with Gasteiger partial charge in [0.15, 0.2) is 5.78 Å². The van der Waals surface area contributed by atoms with Crippen LogP contribution in [-0.2, 0) is 11.8 Å². The lowest BCUT2D eigenvalue weighted by Crippen LogP contribution is -2.41. The SMILES string of the molecule is CSc1ccc(C(=O)C2CCCN(C(=O)/C=C/c3cnn(C)c3)C2)cc1. The van der Waals surface area contributed by atoms with Crippen molar-refractivity contribution in [2.75, 3.05) is 19.3 Å². The van der Waals surface area contributed by atoms with Crippen molar-refractivity contribution in [1.82, 2.24) is 14.7 Å². The van der Waals surface area contributed by atoms with Crippen LogP contribution in [0.4, 0.5) is 0 Å². The number of rotatable bonds is 5. The number of likely N-dealkylation sites (tertiary alicyclic amines) is 1. The first kappa shape index (κ1) is 18.5. The van der Waals surface area contributed by atoms with Crippen molar-refractivity contribution in [3.05, 3.63) is 53.9 Å². The average Bonchev–Trinajstić information content (AvgIpc) is 3.11. The number of carbonyl (C=O) groups is 2. The first-order chi connectivity index (χ1) is 12.6. The van der Waals surface area contributed by atoms with Crippen LogP contribution in [0.25, 0.3) is 6.08 Å². The van der Waals surface area contributed by atoms with Crippen molar-refractivity contribution in [3.8, 4) is 0 Å². The van der Waals surface area contributed by atoms with Gasteiger partial charge in [-0.15, -0.1) is 11.8 Å². The second-order valence-corrected chi connectivity index (χ2v) is 7.38. The summed E-state index contributed by atoms with van der Waals surface area (Å²) in [6.07, 6.45) is 10.6. The third-order valence-electron chi connectivity index (χ3n) is 4.62. The first-order valence-corrected chi connectivity index (χ1v) is 9.93. The molecule has 2 aromatic rings. The number of benzene rings is 1. The molecular formula is C20H23N3O2S. The van der Waals surface area contributed by atoms with Gasteiger partial charge in [0.05, 0.1) is 6.20 Å². The number of ketones is 1. The van der Waals surface area contributed by atoms with Crippen LogP contribution in [0.5, 0.6) is 0 Å². The predicted octanol–water partition coefficient (Wildman–Crippen LogP) is 3.28. The molecule has 1 unspecified atom stereocenters. The van der Waals surface area contributed by atoms with Gasteiger partial charge in [-0.25, -0.2) is 0 Å². The normalized spacial score (nSPS) is 17.6. The Balaban J connectivity index is 1.63. The van der Waals surface area contributed by atoms with Crippen molar-refractivity contribution >= 4 is 29.5 Å². The quantitative estimate of drug-likeness (QED) is 0.461. The maximum atomic E-state index is 12.8. The third-order valence-corrected chi connectivity index (χ3v) is 5.37. The first-order valence-electron chi connectivity index (χ1n) is 8.70. The second-order valence-electron chi connectivity index (χ2n) is 6.50. The molecule has 2 heterocycles. The van der Waals surface area contributed by atoms with Crippen molar-refractivity contribution < 1.29 is 9.59 Å². The van der Waals surface area contributed by atoms with E-state index in [9.17, 15) is 9.59 Å². The number of carbonyl (C=O) groups excluding carboxylic acids is 2. The molecule has 0 N–H and O–H groups in total. The molecule has 1 aromatic heterocycles. The Morgan fingerprint density at radius 2 is 2.04 bits per heavy atom. The zero-order chi connectivity index (χ0) is 18.5. The van der Waals surface area contributed by atoms with Gasteiger partial charge < -0.3 is 4.90 Å². The Bertz CT molecular complexity index is 811. The molecule has 1 amide bonds. The molecule has 136 valence electrons. The molecule has 0 spiro atoms. The van der Waals surface area contributed by atoms with Crippen molar-refractivity contribution in [2.45, 2.75) is 17.7 Å². The number of hydrogen-bond donors (Lipinski definition) is 0. The lowest BCUT2D eigenvalue weighted by molar-refractivity contribution is -0.127. The smallest absolute Gasteiger partial charge is 0.246 e. The average molecular weight is 369 g/mol. The summed E-state index contributed by atoms with van der Waals surface area (Å²) in [6, 6.07) is 7.72. The van der Waals surface area contributed by atoms with Gasteiger partial charge in [-0.3, -0.25) is 14.3 Å². The lowest BCUT2D eigenvalue weighted by Gasteiger charge is -2.31. The molecule has 0 radical (unpaired) electrons. The Labute approximate surface area is 158 Å². The van der Waals surface area contributed by atoms with Crippen LogP contribution in [0.2, 0.25) is 0 Å². The van der Waals surface area contributed by atoms with Crippen LogP contribution >= 0.6 is 11.8 Å². The second kappa shape index (κ2) is 8.36. The maximum Gasteiger partial charge on any atom is 0.246 e. The molecule has 0 saturated carbocycles. The summed E-state index contributed by atoms with van der Waals surface area (Å²) in [7, 11) is 1.84. The van der Waals surface area contributed by atoms with Crippen LogP contribution < -0.4 is 0 Å². The van der Waals surface area contributed by atoms with E-state index in [0.717, 1.165) is 28.9 Å². The van der Waals surface area contributed by atoms with E-state index < -0.39 is 0 Å². The van der Waals surface area contributed by atoms with Crippen molar-refractivity contribution in [2.24, 2.45) is 13.0 Å². The molecule has 1 aromatic carbocycles. The highest BCUT2D eigenvalue weighted by molar-refractivity contribution is 7.98. The summed E-state index contributed by atoms with van der Waals surface area (Å²) in [4.78, 5) is 28.2. The number of Topliss-reactive ketones (excluding diaryl/α,β-unsaturated/α-hetero) is 1. The summed E-state index contributed by atoms with van der Waals surface area (Å²) < 4.78 is 1.70. The van der Waals surface area contributed by atoms with E-state index >= 15 is 0 Å². The zero-order valence-corrected chi connectivity index (χ0v) is 15.9. The molecule has 5 nitrogen and oxygen atoms in total. The van der Waals surface area contributed by atoms with Crippen molar-refractivity contribution in [1.29, 1.82) is 0 Å². The van der Waals surface area contributed by atoms with Crippen LogP contribution in [0.15, 0.2) is 47.6 Å². The van der Waals surface area contributed by atoms with Gasteiger partial charge in [-0.05, 0) is 37.3 Å². The van der Waals surface area contributed by atoms with E-state index in [2.05, 4.69) is 5.10 Å². The number of nitrogens with zero attached hydrogens (tertiary/aromatic N) is 3. The molecule has 1 fully saturated rings. The van der Waals surface area contributed by atoms with Crippen LogP contribution in [0, 0.1) is 5.92 Å². The Morgan fingerprint density at radius 1 is 1.27 bits per heavy atom. The van der Waals surface area contributed by atoms with Gasteiger partial charge >= 0.3 is 0 Å². The lowest BCUT2D eigenvalue weighted by atomic mass is 9.90. The van der Waals surface area contributed by atoms with E-state index in [1.165, 1.54) is 0 Å². The Morgan fingerprint density at radius 3 is 2.69 bits per heavy atom. The van der Waals surface area contributed by atoms with Gasteiger partial charge in [0.2, 0.25) is 5.91 Å². The highest BCUT2D eigenvalue weighted by Crippen LogP contribution is 2.23. The monoisotopic (exact) mass is 369 g/mol. The summed E-state index contributed by atoms with van der Waals surface area (Å²) in [5.41, 5.74) is 1.62. The molecule has 1 saturated heterocycles.